The van der Waals surface area contributed by atoms with Gasteiger partial charge in [-0.25, -0.2) is 0 Å². The van der Waals surface area contributed by atoms with Crippen molar-refractivity contribution in [2.45, 2.75) is 19.4 Å². The molecule has 1 amide bonds. The highest BCUT2D eigenvalue weighted by Crippen LogP contribution is 2.19. The Morgan fingerprint density at radius 1 is 1.12 bits per heavy atom. The molecule has 0 spiro atoms. The zero-order chi connectivity index (χ0) is 17.8. The Morgan fingerprint density at radius 3 is 2.85 bits per heavy atom. The van der Waals surface area contributed by atoms with Crippen molar-refractivity contribution in [1.82, 2.24) is 15.5 Å². The maximum Gasteiger partial charge on any atom is 0.227 e. The minimum Gasteiger partial charge on any atom is -0.352 e. The lowest BCUT2D eigenvalue weighted by molar-refractivity contribution is -0.121. The Morgan fingerprint density at radius 2 is 2.00 bits per heavy atom. The van der Waals surface area contributed by atoms with Gasteiger partial charge in [0.1, 0.15) is 0 Å². The smallest absolute Gasteiger partial charge is 0.227 e. The van der Waals surface area contributed by atoms with E-state index in [1.807, 2.05) is 35.0 Å². The van der Waals surface area contributed by atoms with Crippen molar-refractivity contribution < 1.29 is 9.32 Å². The molecule has 0 bridgehead atoms. The molecule has 4 rings (SSSR count). The summed E-state index contributed by atoms with van der Waals surface area (Å²) in [5.41, 5.74) is 2.01. The summed E-state index contributed by atoms with van der Waals surface area (Å²) in [7, 11) is 0. The van der Waals surface area contributed by atoms with E-state index in [1.165, 1.54) is 10.8 Å². The molecule has 0 atom stereocenters. The third-order valence-electron chi connectivity index (χ3n) is 4.12. The first-order chi connectivity index (χ1) is 12.8. The second kappa shape index (κ2) is 7.49. The first-order valence-electron chi connectivity index (χ1n) is 8.37. The highest BCUT2D eigenvalue weighted by molar-refractivity contribution is 7.08. The first kappa shape index (κ1) is 16.5. The summed E-state index contributed by atoms with van der Waals surface area (Å²) >= 11 is 1.58. The van der Waals surface area contributed by atoms with Gasteiger partial charge >= 0.3 is 0 Å². The summed E-state index contributed by atoms with van der Waals surface area (Å²) < 4.78 is 5.21. The van der Waals surface area contributed by atoms with Crippen LogP contribution in [0.4, 0.5) is 0 Å². The summed E-state index contributed by atoms with van der Waals surface area (Å²) in [5.74, 6) is 1.01. The summed E-state index contributed by atoms with van der Waals surface area (Å²) in [5, 5.41) is 13.2. The molecule has 6 heteroatoms. The fourth-order valence-electron chi connectivity index (χ4n) is 2.72. The molecule has 2 aromatic carbocycles. The normalized spacial score (nSPS) is 10.9. The van der Waals surface area contributed by atoms with Crippen molar-refractivity contribution in [1.29, 1.82) is 0 Å². The highest BCUT2D eigenvalue weighted by atomic mass is 32.1. The Bertz CT molecular complexity index is 1020. The molecule has 2 heterocycles. The summed E-state index contributed by atoms with van der Waals surface area (Å²) in [4.78, 5) is 16.4. The Hall–Kier alpha value is -2.99. The molecule has 0 saturated heterocycles. The molecule has 26 heavy (non-hydrogen) atoms. The second-order valence-corrected chi connectivity index (χ2v) is 6.76. The number of aryl methyl sites for hydroxylation is 1. The molecule has 0 aliphatic carbocycles. The average molecular weight is 363 g/mol. The molecule has 130 valence electrons. The lowest BCUT2D eigenvalue weighted by Gasteiger charge is -2.06. The maximum atomic E-state index is 12.1. The number of thiophene rings is 1. The van der Waals surface area contributed by atoms with Gasteiger partial charge in [0.2, 0.25) is 17.6 Å². The van der Waals surface area contributed by atoms with Crippen LogP contribution in [0.1, 0.15) is 17.9 Å². The number of hydrogen-bond acceptors (Lipinski definition) is 5. The SMILES string of the molecule is O=C(CCc1nc(-c2ccsc2)no1)NCc1ccc2ccccc2c1. The molecule has 0 aliphatic heterocycles. The fourth-order valence-corrected chi connectivity index (χ4v) is 3.36. The van der Waals surface area contributed by atoms with Gasteiger partial charge < -0.3 is 9.84 Å². The number of amides is 1. The van der Waals surface area contributed by atoms with Crippen LogP contribution >= 0.6 is 11.3 Å². The number of carbonyl (C=O) groups is 1. The number of benzene rings is 2. The zero-order valence-corrected chi connectivity index (χ0v) is 14.8. The number of rotatable bonds is 6. The quantitative estimate of drug-likeness (QED) is 0.557. The number of hydrogen-bond donors (Lipinski definition) is 1. The molecule has 2 aromatic heterocycles. The summed E-state index contributed by atoms with van der Waals surface area (Å²) in [6, 6.07) is 16.3. The van der Waals surface area contributed by atoms with Gasteiger partial charge in [0.15, 0.2) is 0 Å². The van der Waals surface area contributed by atoms with Gasteiger partial charge in [-0.3, -0.25) is 4.79 Å². The second-order valence-electron chi connectivity index (χ2n) is 5.98. The van der Waals surface area contributed by atoms with Crippen molar-refractivity contribution in [3.05, 3.63) is 70.7 Å². The molecular formula is C20H17N3O2S. The zero-order valence-electron chi connectivity index (χ0n) is 14.0. The monoisotopic (exact) mass is 363 g/mol. The van der Waals surface area contributed by atoms with E-state index < -0.39 is 0 Å². The van der Waals surface area contributed by atoms with E-state index in [0.29, 0.717) is 31.1 Å². The number of carbonyl (C=O) groups excluding carboxylic acids is 1. The molecule has 0 aliphatic rings. The third kappa shape index (κ3) is 3.81. The van der Waals surface area contributed by atoms with Crippen LogP contribution < -0.4 is 5.32 Å². The van der Waals surface area contributed by atoms with E-state index in [0.717, 1.165) is 11.1 Å². The van der Waals surface area contributed by atoms with E-state index in [2.05, 4.69) is 39.7 Å². The van der Waals surface area contributed by atoms with Crippen molar-refractivity contribution >= 4 is 28.0 Å². The van der Waals surface area contributed by atoms with Gasteiger partial charge in [-0.1, -0.05) is 41.6 Å². The van der Waals surface area contributed by atoms with Crippen molar-refractivity contribution in [3.63, 3.8) is 0 Å². The van der Waals surface area contributed by atoms with Crippen LogP contribution in [0.2, 0.25) is 0 Å². The van der Waals surface area contributed by atoms with Crippen LogP contribution in [-0.2, 0) is 17.8 Å². The van der Waals surface area contributed by atoms with Gasteiger partial charge in [-0.15, -0.1) is 0 Å². The molecule has 0 radical (unpaired) electrons. The fraction of sp³-hybridized carbons (Fsp3) is 0.150. The number of nitrogens with zero attached hydrogens (tertiary/aromatic N) is 2. The number of fused-ring (bicyclic) bond motifs is 1. The predicted molar refractivity (Wildman–Crippen MR) is 102 cm³/mol. The van der Waals surface area contributed by atoms with E-state index in [1.54, 1.807) is 11.3 Å². The van der Waals surface area contributed by atoms with Crippen LogP contribution in [0.3, 0.4) is 0 Å². The first-order valence-corrected chi connectivity index (χ1v) is 9.32. The third-order valence-corrected chi connectivity index (χ3v) is 4.80. The Labute approximate surface area is 154 Å². The molecule has 1 N–H and O–H groups in total. The van der Waals surface area contributed by atoms with E-state index in [9.17, 15) is 4.79 Å². The van der Waals surface area contributed by atoms with Crippen LogP contribution in [0.15, 0.2) is 63.8 Å². The van der Waals surface area contributed by atoms with Crippen LogP contribution in [0, 0.1) is 0 Å². The van der Waals surface area contributed by atoms with Gasteiger partial charge in [0, 0.05) is 30.3 Å². The van der Waals surface area contributed by atoms with Crippen LogP contribution in [-0.4, -0.2) is 16.0 Å². The molecule has 0 unspecified atom stereocenters. The number of aromatic nitrogens is 2. The van der Waals surface area contributed by atoms with Crippen molar-refractivity contribution in [2.24, 2.45) is 0 Å². The van der Waals surface area contributed by atoms with Gasteiger partial charge in [-0.2, -0.15) is 16.3 Å². The predicted octanol–water partition coefficient (Wildman–Crippen LogP) is 4.20. The van der Waals surface area contributed by atoms with Crippen molar-refractivity contribution in [3.8, 4) is 11.4 Å². The summed E-state index contributed by atoms with van der Waals surface area (Å²) in [6.07, 6.45) is 0.750. The minimum absolute atomic E-state index is 0.0339. The van der Waals surface area contributed by atoms with Gasteiger partial charge in [0.25, 0.3) is 0 Å². The van der Waals surface area contributed by atoms with Gasteiger partial charge in [0.05, 0.1) is 0 Å². The van der Waals surface area contributed by atoms with Gasteiger partial charge in [-0.05, 0) is 33.8 Å². The maximum absolute atomic E-state index is 12.1. The summed E-state index contributed by atoms with van der Waals surface area (Å²) in [6.45, 7) is 0.508. The topological polar surface area (TPSA) is 68.0 Å². The molecule has 0 fully saturated rings. The standard InChI is InChI=1S/C20H17N3O2S/c24-18(7-8-19-22-20(23-25-19)17-9-10-26-13-17)21-12-14-5-6-15-3-1-2-4-16(15)11-14/h1-6,9-11,13H,7-8,12H2,(H,21,24). The minimum atomic E-state index is -0.0339. The molecule has 4 aromatic rings. The molecule has 0 saturated carbocycles. The van der Waals surface area contributed by atoms with Crippen LogP contribution in [0.25, 0.3) is 22.2 Å². The van der Waals surface area contributed by atoms with Crippen molar-refractivity contribution in [2.75, 3.05) is 0 Å². The lowest BCUT2D eigenvalue weighted by atomic mass is 10.1. The Balaban J connectivity index is 1.30. The lowest BCUT2D eigenvalue weighted by Crippen LogP contribution is -2.23. The van der Waals surface area contributed by atoms with E-state index in [4.69, 9.17) is 4.52 Å². The van der Waals surface area contributed by atoms with E-state index in [-0.39, 0.29) is 5.91 Å². The largest absolute Gasteiger partial charge is 0.352 e. The Kier molecular flexibility index (Phi) is 4.75. The molecular weight excluding hydrogens is 346 g/mol. The number of nitrogens with one attached hydrogen (secondary N) is 1. The average Bonchev–Trinajstić information content (AvgIpc) is 3.36. The van der Waals surface area contributed by atoms with E-state index >= 15 is 0 Å². The van der Waals surface area contributed by atoms with Crippen LogP contribution in [0.5, 0.6) is 0 Å². The molecule has 5 nitrogen and oxygen atoms in total. The highest BCUT2D eigenvalue weighted by Gasteiger charge is 2.11.